The summed E-state index contributed by atoms with van der Waals surface area (Å²) < 4.78 is 0. The minimum absolute atomic E-state index is 0.0147. The molecule has 1 aromatic carbocycles. The maximum Gasteiger partial charge on any atom is 0.307 e. The second-order valence-electron chi connectivity index (χ2n) is 5.88. The van der Waals surface area contributed by atoms with Crippen molar-refractivity contribution in [1.82, 2.24) is 5.32 Å². The zero-order chi connectivity index (χ0) is 14.7. The molecular weight excluding hydrogens is 242 g/mol. The number of nitrogens with one attached hydrogen (secondary N) is 1. The van der Waals surface area contributed by atoms with Gasteiger partial charge in [-0.1, -0.05) is 24.3 Å². The van der Waals surface area contributed by atoms with E-state index >= 15 is 0 Å². The predicted molar refractivity (Wildman–Crippen MR) is 75.0 cm³/mol. The van der Waals surface area contributed by atoms with Crippen molar-refractivity contribution in [2.24, 2.45) is 0 Å². The van der Waals surface area contributed by atoms with Crippen LogP contribution in [0, 0.1) is 0 Å². The Bertz CT molecular complexity index is 447. The zero-order valence-corrected chi connectivity index (χ0v) is 12.0. The Labute approximate surface area is 114 Å². The lowest BCUT2D eigenvalue weighted by Crippen LogP contribution is -2.55. The fourth-order valence-corrected chi connectivity index (χ4v) is 1.60. The van der Waals surface area contributed by atoms with Crippen molar-refractivity contribution in [3.8, 4) is 0 Å². The van der Waals surface area contributed by atoms with Crippen molar-refractivity contribution in [2.75, 3.05) is 0 Å². The third kappa shape index (κ3) is 4.33. The number of hydrogen-bond donors (Lipinski definition) is 3. The van der Waals surface area contributed by atoms with Crippen molar-refractivity contribution in [2.45, 2.75) is 51.8 Å². The van der Waals surface area contributed by atoms with Gasteiger partial charge in [0.15, 0.2) is 0 Å². The van der Waals surface area contributed by atoms with E-state index in [9.17, 15) is 9.90 Å². The molecule has 0 atom stereocenters. The Morgan fingerprint density at radius 1 is 1.16 bits per heavy atom. The molecule has 0 aliphatic carbocycles. The van der Waals surface area contributed by atoms with Gasteiger partial charge >= 0.3 is 5.97 Å². The van der Waals surface area contributed by atoms with Crippen LogP contribution in [0.3, 0.4) is 0 Å². The molecule has 0 fully saturated rings. The number of carbonyl (C=O) groups is 1. The van der Waals surface area contributed by atoms with Crippen molar-refractivity contribution >= 4 is 5.97 Å². The lowest BCUT2D eigenvalue weighted by atomic mass is 9.85. The molecule has 0 unspecified atom stereocenters. The predicted octanol–water partition coefficient (Wildman–Crippen LogP) is 1.95. The number of rotatable bonds is 6. The number of carboxylic acids is 1. The highest BCUT2D eigenvalue weighted by Gasteiger charge is 2.34. The molecule has 0 aliphatic rings. The lowest BCUT2D eigenvalue weighted by molar-refractivity contribution is -0.136. The molecule has 4 nitrogen and oxygen atoms in total. The van der Waals surface area contributed by atoms with Crippen LogP contribution in [0.4, 0.5) is 0 Å². The van der Waals surface area contributed by atoms with E-state index in [-0.39, 0.29) is 6.42 Å². The van der Waals surface area contributed by atoms with E-state index in [1.54, 1.807) is 13.8 Å². The average Bonchev–Trinajstić information content (AvgIpc) is 2.25. The van der Waals surface area contributed by atoms with Crippen LogP contribution in [0.15, 0.2) is 24.3 Å². The maximum absolute atomic E-state index is 10.8. The second kappa shape index (κ2) is 5.72. The van der Waals surface area contributed by atoms with Gasteiger partial charge in [-0.3, -0.25) is 4.79 Å². The van der Waals surface area contributed by atoms with Crippen LogP contribution in [-0.2, 0) is 17.8 Å². The van der Waals surface area contributed by atoms with Gasteiger partial charge in [0.05, 0.1) is 12.0 Å². The Kier molecular flexibility index (Phi) is 4.71. The minimum atomic E-state index is -0.866. The lowest BCUT2D eigenvalue weighted by Gasteiger charge is -2.38. The van der Waals surface area contributed by atoms with Crippen LogP contribution in [0.1, 0.15) is 38.8 Å². The molecule has 0 aliphatic heterocycles. The highest BCUT2D eigenvalue weighted by Crippen LogP contribution is 2.21. The monoisotopic (exact) mass is 265 g/mol. The van der Waals surface area contributed by atoms with Crippen molar-refractivity contribution in [3.63, 3.8) is 0 Å². The molecular formula is C15H23NO3. The molecule has 4 heteroatoms. The third-order valence-electron chi connectivity index (χ3n) is 3.71. The summed E-state index contributed by atoms with van der Waals surface area (Å²) in [5, 5.41) is 22.3. The minimum Gasteiger partial charge on any atom is -0.481 e. The van der Waals surface area contributed by atoms with E-state index in [4.69, 9.17) is 5.11 Å². The summed E-state index contributed by atoms with van der Waals surface area (Å²) in [5.74, 6) is -0.839. The van der Waals surface area contributed by atoms with Gasteiger partial charge in [0.25, 0.3) is 0 Å². The molecule has 106 valence electrons. The molecule has 3 N–H and O–H groups in total. The topological polar surface area (TPSA) is 69.6 Å². The van der Waals surface area contributed by atoms with Gasteiger partial charge in [-0.25, -0.2) is 0 Å². The van der Waals surface area contributed by atoms with Crippen LogP contribution in [0.5, 0.6) is 0 Å². The van der Waals surface area contributed by atoms with Gasteiger partial charge < -0.3 is 15.5 Å². The summed E-state index contributed by atoms with van der Waals surface area (Å²) in [7, 11) is 0. The smallest absolute Gasteiger partial charge is 0.307 e. The van der Waals surface area contributed by atoms with Crippen LogP contribution < -0.4 is 5.32 Å². The number of aliphatic hydroxyl groups is 1. The summed E-state index contributed by atoms with van der Waals surface area (Å²) in [5.41, 5.74) is 0.411. The van der Waals surface area contributed by atoms with Crippen LogP contribution >= 0.6 is 0 Å². The van der Waals surface area contributed by atoms with Crippen molar-refractivity contribution < 1.29 is 15.0 Å². The Hall–Kier alpha value is -1.39. The van der Waals surface area contributed by atoms with E-state index in [2.05, 4.69) is 5.32 Å². The fraction of sp³-hybridized carbons (Fsp3) is 0.533. The van der Waals surface area contributed by atoms with Crippen LogP contribution in [0.25, 0.3) is 0 Å². The van der Waals surface area contributed by atoms with Gasteiger partial charge in [-0.15, -0.1) is 0 Å². The van der Waals surface area contributed by atoms with E-state index in [1.165, 1.54) is 0 Å². The molecule has 0 radical (unpaired) electrons. The fourth-order valence-electron chi connectivity index (χ4n) is 1.60. The van der Waals surface area contributed by atoms with E-state index in [0.29, 0.717) is 6.54 Å². The molecule has 0 heterocycles. The van der Waals surface area contributed by atoms with Gasteiger partial charge in [-0.05, 0) is 38.8 Å². The van der Waals surface area contributed by atoms with E-state index in [0.717, 1.165) is 11.1 Å². The first-order chi connectivity index (χ1) is 8.63. The Balaban J connectivity index is 2.81. The first kappa shape index (κ1) is 15.7. The maximum atomic E-state index is 10.8. The second-order valence-corrected chi connectivity index (χ2v) is 5.88. The standard InChI is InChI=1S/C15H23NO3/c1-14(2,15(3,4)19)16-10-12-8-6-5-7-11(12)9-13(17)18/h5-8,16,19H,9-10H2,1-4H3,(H,17,18). The molecule has 0 saturated carbocycles. The quantitative estimate of drug-likeness (QED) is 0.735. The molecule has 0 spiro atoms. The summed E-state index contributed by atoms with van der Waals surface area (Å²) >= 11 is 0. The van der Waals surface area contributed by atoms with Crippen LogP contribution in [0.2, 0.25) is 0 Å². The first-order valence-electron chi connectivity index (χ1n) is 6.39. The summed E-state index contributed by atoms with van der Waals surface area (Å²) in [4.78, 5) is 10.8. The molecule has 0 saturated heterocycles. The highest BCUT2D eigenvalue weighted by molar-refractivity contribution is 5.70. The van der Waals surface area contributed by atoms with Crippen molar-refractivity contribution in [1.29, 1.82) is 0 Å². The number of carboxylic acid groups (broad SMARTS) is 1. The SMILES string of the molecule is CC(C)(O)C(C)(C)NCc1ccccc1CC(=O)O. The third-order valence-corrected chi connectivity index (χ3v) is 3.71. The van der Waals surface area contributed by atoms with Gasteiger partial charge in [0.2, 0.25) is 0 Å². The van der Waals surface area contributed by atoms with Crippen LogP contribution in [-0.4, -0.2) is 27.3 Å². The largest absolute Gasteiger partial charge is 0.481 e. The van der Waals surface area contributed by atoms with E-state index < -0.39 is 17.1 Å². The first-order valence-corrected chi connectivity index (χ1v) is 6.39. The Morgan fingerprint density at radius 2 is 1.68 bits per heavy atom. The molecule has 19 heavy (non-hydrogen) atoms. The number of benzene rings is 1. The van der Waals surface area contributed by atoms with Crippen molar-refractivity contribution in [3.05, 3.63) is 35.4 Å². The van der Waals surface area contributed by atoms with Gasteiger partial charge in [0, 0.05) is 12.1 Å². The zero-order valence-electron chi connectivity index (χ0n) is 12.0. The van der Waals surface area contributed by atoms with Gasteiger partial charge in [0.1, 0.15) is 0 Å². The Morgan fingerprint density at radius 3 is 2.16 bits per heavy atom. The number of hydrogen-bond acceptors (Lipinski definition) is 3. The molecule has 0 bridgehead atoms. The summed E-state index contributed by atoms with van der Waals surface area (Å²) in [6.07, 6.45) is 0.0147. The molecule has 1 rings (SSSR count). The molecule has 0 amide bonds. The van der Waals surface area contributed by atoms with Gasteiger partial charge in [-0.2, -0.15) is 0 Å². The highest BCUT2D eigenvalue weighted by atomic mass is 16.4. The summed E-state index contributed by atoms with van der Waals surface area (Å²) in [6, 6.07) is 7.45. The molecule has 1 aromatic rings. The van der Waals surface area contributed by atoms with E-state index in [1.807, 2.05) is 38.1 Å². The summed E-state index contributed by atoms with van der Waals surface area (Å²) in [6.45, 7) is 7.88. The molecule has 0 aromatic heterocycles. The number of aliphatic carboxylic acids is 1. The average molecular weight is 265 g/mol. The normalized spacial score (nSPS) is 12.5.